The van der Waals surface area contributed by atoms with E-state index in [1.54, 1.807) is 6.92 Å². The van der Waals surface area contributed by atoms with Crippen molar-refractivity contribution in [1.29, 1.82) is 0 Å². The van der Waals surface area contributed by atoms with E-state index in [0.717, 1.165) is 12.8 Å². The lowest BCUT2D eigenvalue weighted by Gasteiger charge is -2.21. The molecular weight excluding hydrogens is 196 g/mol. The van der Waals surface area contributed by atoms with Gasteiger partial charge in [-0.15, -0.1) is 5.73 Å². The zero-order valence-corrected chi connectivity index (χ0v) is 11.1. The average Bonchev–Trinajstić information content (AvgIpc) is 2.23. The summed E-state index contributed by atoms with van der Waals surface area (Å²) in [4.78, 5) is 11.5. The number of hydrogen-bond acceptors (Lipinski definition) is 1. The second-order valence-electron chi connectivity index (χ2n) is 4.84. The molecule has 0 radical (unpaired) electrons. The monoisotopic (exact) mass is 222 g/mol. The molecule has 1 unspecified atom stereocenters. The van der Waals surface area contributed by atoms with Crippen LogP contribution in [-0.4, -0.2) is 5.78 Å². The first-order chi connectivity index (χ1) is 7.56. The van der Waals surface area contributed by atoms with Crippen molar-refractivity contribution in [3.05, 3.63) is 18.4 Å². The maximum absolute atomic E-state index is 11.5. The smallest absolute Gasteiger partial charge is 0.140 e. The van der Waals surface area contributed by atoms with Crippen molar-refractivity contribution < 1.29 is 4.79 Å². The molecule has 0 saturated carbocycles. The number of ketones is 1. The second-order valence-corrected chi connectivity index (χ2v) is 4.84. The minimum atomic E-state index is -0.341. The Kier molecular flexibility index (Phi) is 7.93. The van der Waals surface area contributed by atoms with E-state index in [4.69, 9.17) is 0 Å². The van der Waals surface area contributed by atoms with E-state index >= 15 is 0 Å². The maximum atomic E-state index is 11.5. The summed E-state index contributed by atoms with van der Waals surface area (Å²) >= 11 is 0. The van der Waals surface area contributed by atoms with Gasteiger partial charge in [0, 0.05) is 0 Å². The molecule has 0 aromatic carbocycles. The fraction of sp³-hybridized carbons (Fsp3) is 0.733. The van der Waals surface area contributed by atoms with E-state index in [2.05, 4.69) is 19.2 Å². The summed E-state index contributed by atoms with van der Waals surface area (Å²) in [6, 6.07) is 0. The molecule has 0 aliphatic rings. The molecule has 0 saturated heterocycles. The standard InChI is InChI=1S/C15H26O/c1-5-7-8-9-10-11-13-15(4,12-6-2)14(3)16/h12H,2,5,7-11,13H2,1,3-4H3. The molecule has 0 aliphatic heterocycles. The molecule has 0 fully saturated rings. The van der Waals surface area contributed by atoms with Gasteiger partial charge in [-0.3, -0.25) is 4.79 Å². The summed E-state index contributed by atoms with van der Waals surface area (Å²) in [6.07, 6.45) is 10.3. The highest BCUT2D eigenvalue weighted by atomic mass is 16.1. The molecule has 1 atom stereocenters. The molecule has 0 aliphatic carbocycles. The Bertz CT molecular complexity index is 244. The molecule has 0 heterocycles. The molecule has 0 spiro atoms. The van der Waals surface area contributed by atoms with Gasteiger partial charge in [-0.05, 0) is 26.3 Å². The summed E-state index contributed by atoms with van der Waals surface area (Å²) in [7, 11) is 0. The van der Waals surface area contributed by atoms with Gasteiger partial charge >= 0.3 is 0 Å². The molecule has 0 amide bonds. The number of carbonyl (C=O) groups is 1. The first-order valence-electron chi connectivity index (χ1n) is 6.45. The van der Waals surface area contributed by atoms with E-state index in [0.29, 0.717) is 0 Å². The topological polar surface area (TPSA) is 17.1 Å². The maximum Gasteiger partial charge on any atom is 0.140 e. The molecule has 16 heavy (non-hydrogen) atoms. The highest BCUT2D eigenvalue weighted by molar-refractivity contribution is 5.83. The molecule has 0 bridgehead atoms. The molecule has 0 aromatic heterocycles. The van der Waals surface area contributed by atoms with Crippen LogP contribution >= 0.6 is 0 Å². The van der Waals surface area contributed by atoms with Gasteiger partial charge in [-0.1, -0.05) is 52.0 Å². The summed E-state index contributed by atoms with van der Waals surface area (Å²) in [6.45, 7) is 9.43. The summed E-state index contributed by atoms with van der Waals surface area (Å²) < 4.78 is 0. The van der Waals surface area contributed by atoms with Gasteiger partial charge < -0.3 is 0 Å². The van der Waals surface area contributed by atoms with Crippen molar-refractivity contribution in [2.45, 2.75) is 65.7 Å². The van der Waals surface area contributed by atoms with Crippen LogP contribution in [0.15, 0.2) is 18.4 Å². The number of allylic oxidation sites excluding steroid dienone is 1. The third-order valence-corrected chi connectivity index (χ3v) is 3.27. The molecular formula is C15H26O. The minimum Gasteiger partial charge on any atom is -0.299 e. The Morgan fingerprint density at radius 3 is 2.31 bits per heavy atom. The van der Waals surface area contributed by atoms with Gasteiger partial charge in [0.25, 0.3) is 0 Å². The predicted octanol–water partition coefficient (Wildman–Crippen LogP) is 4.67. The number of unbranched alkanes of at least 4 members (excludes halogenated alkanes) is 5. The van der Waals surface area contributed by atoms with Gasteiger partial charge in [0.05, 0.1) is 5.41 Å². The van der Waals surface area contributed by atoms with Crippen LogP contribution in [0.2, 0.25) is 0 Å². The third-order valence-electron chi connectivity index (χ3n) is 3.27. The van der Waals surface area contributed by atoms with Crippen LogP contribution < -0.4 is 0 Å². The summed E-state index contributed by atoms with van der Waals surface area (Å²) in [5, 5.41) is 0. The fourth-order valence-electron chi connectivity index (χ4n) is 1.85. The van der Waals surface area contributed by atoms with Crippen LogP contribution in [0.4, 0.5) is 0 Å². The number of hydrogen-bond donors (Lipinski definition) is 0. The van der Waals surface area contributed by atoms with E-state index in [1.807, 2.05) is 13.0 Å². The van der Waals surface area contributed by atoms with Gasteiger partial charge in [0.15, 0.2) is 0 Å². The lowest BCUT2D eigenvalue weighted by atomic mass is 9.81. The van der Waals surface area contributed by atoms with E-state index in [1.165, 1.54) is 32.1 Å². The first kappa shape index (κ1) is 15.2. The first-order valence-corrected chi connectivity index (χ1v) is 6.45. The highest BCUT2D eigenvalue weighted by Crippen LogP contribution is 2.27. The van der Waals surface area contributed by atoms with Crippen molar-refractivity contribution in [2.24, 2.45) is 5.41 Å². The quantitative estimate of drug-likeness (QED) is 0.409. The Morgan fingerprint density at radius 1 is 1.25 bits per heavy atom. The summed E-state index contributed by atoms with van der Waals surface area (Å²) in [5.74, 6) is 0.220. The molecule has 1 heteroatoms. The van der Waals surface area contributed by atoms with Crippen LogP contribution in [0, 0.1) is 5.41 Å². The Morgan fingerprint density at radius 2 is 1.81 bits per heavy atom. The van der Waals surface area contributed by atoms with Crippen LogP contribution in [0.1, 0.15) is 65.7 Å². The molecule has 92 valence electrons. The van der Waals surface area contributed by atoms with Gasteiger partial charge in [0.2, 0.25) is 0 Å². The molecule has 0 N–H and O–H groups in total. The largest absolute Gasteiger partial charge is 0.299 e. The van der Waals surface area contributed by atoms with Crippen LogP contribution in [0.5, 0.6) is 0 Å². The van der Waals surface area contributed by atoms with Crippen LogP contribution in [0.25, 0.3) is 0 Å². The SMILES string of the molecule is C=C=CC(C)(CCCCCCCC)C(C)=O. The Hall–Kier alpha value is -0.810. The molecule has 0 rings (SSSR count). The van der Waals surface area contributed by atoms with Crippen molar-refractivity contribution in [3.8, 4) is 0 Å². The lowest BCUT2D eigenvalue weighted by molar-refractivity contribution is -0.123. The normalized spacial score (nSPS) is 13.9. The lowest BCUT2D eigenvalue weighted by Crippen LogP contribution is -2.22. The average molecular weight is 222 g/mol. The zero-order chi connectivity index (χ0) is 12.4. The van der Waals surface area contributed by atoms with Crippen molar-refractivity contribution >= 4 is 5.78 Å². The minimum absolute atomic E-state index is 0.220. The predicted molar refractivity (Wildman–Crippen MR) is 70.5 cm³/mol. The second kappa shape index (κ2) is 8.35. The fourth-order valence-corrected chi connectivity index (χ4v) is 1.85. The molecule has 0 aromatic rings. The van der Waals surface area contributed by atoms with E-state index in [-0.39, 0.29) is 11.2 Å². The van der Waals surface area contributed by atoms with Crippen molar-refractivity contribution in [1.82, 2.24) is 0 Å². The van der Waals surface area contributed by atoms with E-state index in [9.17, 15) is 4.79 Å². The third kappa shape index (κ3) is 5.92. The number of carbonyl (C=O) groups excluding carboxylic acids is 1. The van der Waals surface area contributed by atoms with Crippen LogP contribution in [-0.2, 0) is 4.79 Å². The Labute approximate surface area is 101 Å². The van der Waals surface area contributed by atoms with Crippen molar-refractivity contribution in [2.75, 3.05) is 0 Å². The Balaban J connectivity index is 3.87. The van der Waals surface area contributed by atoms with Gasteiger partial charge in [-0.2, -0.15) is 0 Å². The highest BCUT2D eigenvalue weighted by Gasteiger charge is 2.25. The van der Waals surface area contributed by atoms with Crippen molar-refractivity contribution in [3.63, 3.8) is 0 Å². The van der Waals surface area contributed by atoms with E-state index < -0.39 is 0 Å². The zero-order valence-electron chi connectivity index (χ0n) is 11.1. The summed E-state index contributed by atoms with van der Waals surface area (Å²) in [5.41, 5.74) is 2.41. The molecule has 1 nitrogen and oxygen atoms in total. The number of Topliss-reactive ketones (excluding diaryl/α,β-unsaturated/α-hetero) is 1. The van der Waals surface area contributed by atoms with Gasteiger partial charge in [0.1, 0.15) is 5.78 Å². The van der Waals surface area contributed by atoms with Gasteiger partial charge in [-0.25, -0.2) is 0 Å². The number of rotatable bonds is 9. The van der Waals surface area contributed by atoms with Crippen LogP contribution in [0.3, 0.4) is 0 Å².